The fourth-order valence-corrected chi connectivity index (χ4v) is 2.59. The summed E-state index contributed by atoms with van der Waals surface area (Å²) in [5, 5.41) is 3.01. The van der Waals surface area contributed by atoms with Crippen molar-refractivity contribution in [3.8, 4) is 0 Å². The molecule has 1 heterocycles. The number of amides is 3. The summed E-state index contributed by atoms with van der Waals surface area (Å²) in [5.74, 6) is -0.0535. The molecule has 3 N–H and O–H groups in total. The van der Waals surface area contributed by atoms with Crippen molar-refractivity contribution in [2.24, 2.45) is 11.7 Å². The molecular weight excluding hydrogens is 266 g/mol. The number of primary amides is 1. The number of nitrogens with one attached hydrogen (secondary N) is 1. The SMILES string of the molecule is Cc1ccc(C[C@@H](C)C(=O)N[C@@H]2CCN(C(N)=O)C2)cc1. The van der Waals surface area contributed by atoms with Crippen LogP contribution in [0.15, 0.2) is 24.3 Å². The van der Waals surface area contributed by atoms with Gasteiger partial charge in [-0.2, -0.15) is 0 Å². The van der Waals surface area contributed by atoms with Crippen LogP contribution < -0.4 is 11.1 Å². The number of nitrogens with zero attached hydrogens (tertiary/aromatic N) is 1. The molecule has 0 bridgehead atoms. The number of carbonyl (C=O) groups excluding carboxylic acids is 2. The van der Waals surface area contributed by atoms with Crippen molar-refractivity contribution in [1.29, 1.82) is 0 Å². The van der Waals surface area contributed by atoms with Crippen LogP contribution in [-0.2, 0) is 11.2 Å². The van der Waals surface area contributed by atoms with E-state index in [1.54, 1.807) is 4.90 Å². The molecule has 5 nitrogen and oxygen atoms in total. The predicted molar refractivity (Wildman–Crippen MR) is 81.8 cm³/mol. The van der Waals surface area contributed by atoms with E-state index in [4.69, 9.17) is 5.73 Å². The average Bonchev–Trinajstić information content (AvgIpc) is 2.90. The lowest BCUT2D eigenvalue weighted by Gasteiger charge is -2.17. The van der Waals surface area contributed by atoms with Gasteiger partial charge in [0.25, 0.3) is 0 Å². The van der Waals surface area contributed by atoms with Crippen molar-refractivity contribution in [2.45, 2.75) is 32.7 Å². The Bertz CT molecular complexity index is 513. The Labute approximate surface area is 125 Å². The highest BCUT2D eigenvalue weighted by atomic mass is 16.2. The van der Waals surface area contributed by atoms with Gasteiger partial charge in [0.15, 0.2) is 0 Å². The molecular formula is C16H23N3O2. The molecule has 1 fully saturated rings. The Balaban J connectivity index is 1.83. The molecule has 1 aliphatic heterocycles. The standard InChI is InChI=1S/C16H23N3O2/c1-11-3-5-13(6-4-11)9-12(2)15(20)18-14-7-8-19(10-14)16(17)21/h3-6,12,14H,7-10H2,1-2H3,(H2,17,21)(H,18,20)/t12-,14-/m1/s1. The molecule has 21 heavy (non-hydrogen) atoms. The molecule has 114 valence electrons. The maximum absolute atomic E-state index is 12.2. The molecule has 1 aromatic rings. The lowest BCUT2D eigenvalue weighted by molar-refractivity contribution is -0.125. The van der Waals surface area contributed by atoms with E-state index >= 15 is 0 Å². The van der Waals surface area contributed by atoms with Crippen LogP contribution in [0.3, 0.4) is 0 Å². The average molecular weight is 289 g/mol. The van der Waals surface area contributed by atoms with Crippen molar-refractivity contribution >= 4 is 11.9 Å². The van der Waals surface area contributed by atoms with E-state index in [0.29, 0.717) is 13.1 Å². The topological polar surface area (TPSA) is 75.4 Å². The minimum Gasteiger partial charge on any atom is -0.351 e. The Morgan fingerprint density at radius 2 is 2.05 bits per heavy atom. The van der Waals surface area contributed by atoms with Gasteiger partial charge in [-0.3, -0.25) is 4.79 Å². The number of aryl methyl sites for hydroxylation is 1. The Morgan fingerprint density at radius 1 is 1.38 bits per heavy atom. The third-order valence-corrected chi connectivity index (χ3v) is 3.96. The largest absolute Gasteiger partial charge is 0.351 e. The summed E-state index contributed by atoms with van der Waals surface area (Å²) in [6.45, 7) is 5.10. The fourth-order valence-electron chi connectivity index (χ4n) is 2.59. The molecule has 1 aliphatic rings. The van der Waals surface area contributed by atoms with Crippen LogP contribution in [0.2, 0.25) is 0 Å². The lowest BCUT2D eigenvalue weighted by Crippen LogP contribution is -2.42. The van der Waals surface area contributed by atoms with Crippen molar-refractivity contribution in [3.05, 3.63) is 35.4 Å². The number of benzene rings is 1. The quantitative estimate of drug-likeness (QED) is 0.880. The van der Waals surface area contributed by atoms with Crippen molar-refractivity contribution < 1.29 is 9.59 Å². The van der Waals surface area contributed by atoms with Gasteiger partial charge >= 0.3 is 6.03 Å². The molecule has 0 aromatic heterocycles. The van der Waals surface area contributed by atoms with Crippen LogP contribution >= 0.6 is 0 Å². The molecule has 0 unspecified atom stereocenters. The van der Waals surface area contributed by atoms with Gasteiger partial charge in [0.1, 0.15) is 0 Å². The number of rotatable bonds is 4. The van der Waals surface area contributed by atoms with Gasteiger partial charge in [-0.1, -0.05) is 36.8 Å². The second kappa shape index (κ2) is 6.61. The summed E-state index contributed by atoms with van der Waals surface area (Å²) in [6.07, 6.45) is 1.49. The van der Waals surface area contributed by atoms with E-state index in [1.807, 2.05) is 13.8 Å². The van der Waals surface area contributed by atoms with E-state index in [1.165, 1.54) is 5.56 Å². The number of hydrogen-bond acceptors (Lipinski definition) is 2. The monoisotopic (exact) mass is 289 g/mol. The van der Waals surface area contributed by atoms with Crippen LogP contribution in [0.5, 0.6) is 0 Å². The van der Waals surface area contributed by atoms with Crippen molar-refractivity contribution in [2.75, 3.05) is 13.1 Å². The molecule has 2 atom stereocenters. The zero-order valence-electron chi connectivity index (χ0n) is 12.6. The maximum atomic E-state index is 12.2. The van der Waals surface area contributed by atoms with Crippen LogP contribution in [-0.4, -0.2) is 36.0 Å². The summed E-state index contributed by atoms with van der Waals surface area (Å²) in [4.78, 5) is 24.8. The summed E-state index contributed by atoms with van der Waals surface area (Å²) < 4.78 is 0. The first-order valence-electron chi connectivity index (χ1n) is 7.36. The Hall–Kier alpha value is -2.04. The number of likely N-dealkylation sites (tertiary alicyclic amines) is 1. The molecule has 3 amide bonds. The highest BCUT2D eigenvalue weighted by Gasteiger charge is 2.27. The van der Waals surface area contributed by atoms with E-state index < -0.39 is 6.03 Å². The van der Waals surface area contributed by atoms with E-state index in [2.05, 4.69) is 29.6 Å². The summed E-state index contributed by atoms with van der Waals surface area (Å²) >= 11 is 0. The van der Waals surface area contributed by atoms with Crippen LogP contribution in [0, 0.1) is 12.8 Å². The highest BCUT2D eigenvalue weighted by Crippen LogP contribution is 2.13. The van der Waals surface area contributed by atoms with Crippen LogP contribution in [0.1, 0.15) is 24.5 Å². The number of urea groups is 1. The summed E-state index contributed by atoms with van der Waals surface area (Å²) in [6, 6.07) is 7.83. The first-order chi connectivity index (χ1) is 9.95. The van der Waals surface area contributed by atoms with Gasteiger partial charge in [-0.05, 0) is 25.3 Å². The predicted octanol–water partition coefficient (Wildman–Crippen LogP) is 1.44. The summed E-state index contributed by atoms with van der Waals surface area (Å²) in [5.41, 5.74) is 7.62. The molecule has 1 aromatic carbocycles. The second-order valence-electron chi connectivity index (χ2n) is 5.87. The molecule has 1 saturated heterocycles. The zero-order valence-corrected chi connectivity index (χ0v) is 12.6. The van der Waals surface area contributed by atoms with Crippen molar-refractivity contribution in [3.63, 3.8) is 0 Å². The van der Waals surface area contributed by atoms with Gasteiger partial charge in [0.05, 0.1) is 0 Å². The fraction of sp³-hybridized carbons (Fsp3) is 0.500. The van der Waals surface area contributed by atoms with Gasteiger partial charge in [-0.15, -0.1) is 0 Å². The van der Waals surface area contributed by atoms with Crippen LogP contribution in [0.4, 0.5) is 4.79 Å². The van der Waals surface area contributed by atoms with Gasteiger partial charge in [-0.25, -0.2) is 4.79 Å². The number of carbonyl (C=O) groups is 2. The van der Waals surface area contributed by atoms with Crippen LogP contribution in [0.25, 0.3) is 0 Å². The highest BCUT2D eigenvalue weighted by molar-refractivity contribution is 5.79. The lowest BCUT2D eigenvalue weighted by atomic mass is 9.99. The minimum absolute atomic E-state index is 0.0190. The molecule has 0 radical (unpaired) electrons. The number of hydrogen-bond donors (Lipinski definition) is 2. The number of nitrogens with two attached hydrogens (primary N) is 1. The Morgan fingerprint density at radius 3 is 2.62 bits per heavy atom. The zero-order chi connectivity index (χ0) is 15.4. The molecule has 5 heteroatoms. The molecule has 0 saturated carbocycles. The first kappa shape index (κ1) is 15.4. The van der Waals surface area contributed by atoms with E-state index in [9.17, 15) is 9.59 Å². The smallest absolute Gasteiger partial charge is 0.314 e. The third kappa shape index (κ3) is 4.21. The van der Waals surface area contributed by atoms with Gasteiger partial charge < -0.3 is 16.0 Å². The van der Waals surface area contributed by atoms with Crippen molar-refractivity contribution in [1.82, 2.24) is 10.2 Å². The first-order valence-corrected chi connectivity index (χ1v) is 7.36. The molecule has 2 rings (SSSR count). The normalized spacial score (nSPS) is 19.3. The summed E-state index contributed by atoms with van der Waals surface area (Å²) in [7, 11) is 0. The second-order valence-corrected chi connectivity index (χ2v) is 5.87. The molecule has 0 spiro atoms. The Kier molecular flexibility index (Phi) is 4.83. The minimum atomic E-state index is -0.417. The maximum Gasteiger partial charge on any atom is 0.314 e. The van der Waals surface area contributed by atoms with E-state index in [0.717, 1.165) is 18.4 Å². The molecule has 0 aliphatic carbocycles. The van der Waals surface area contributed by atoms with Gasteiger partial charge in [0.2, 0.25) is 5.91 Å². The van der Waals surface area contributed by atoms with Gasteiger partial charge in [0, 0.05) is 25.0 Å². The van der Waals surface area contributed by atoms with E-state index in [-0.39, 0.29) is 17.9 Å². The third-order valence-electron chi connectivity index (χ3n) is 3.96.